The summed E-state index contributed by atoms with van der Waals surface area (Å²) in [5, 5.41) is 0. The zero-order valence-electron chi connectivity index (χ0n) is 25.6. The zero-order chi connectivity index (χ0) is 31.4. The Morgan fingerprint density at radius 2 is 1.79 bits per heavy atom. The molecule has 1 unspecified atom stereocenters. The van der Waals surface area contributed by atoms with Crippen LogP contribution in [0.25, 0.3) is 0 Å². The number of ether oxygens (including phenoxy) is 1. The van der Waals surface area contributed by atoms with Crippen molar-refractivity contribution in [3.8, 4) is 5.75 Å². The van der Waals surface area contributed by atoms with Crippen LogP contribution in [0.4, 0.5) is 0 Å². The maximum atomic E-state index is 13.2. The van der Waals surface area contributed by atoms with Crippen LogP contribution >= 0.6 is 17.2 Å². The van der Waals surface area contributed by atoms with Gasteiger partial charge in [0.15, 0.2) is 6.73 Å². The first-order valence-electron chi connectivity index (χ1n) is 13.7. The lowest BCUT2D eigenvalue weighted by Crippen LogP contribution is -2.30. The summed E-state index contributed by atoms with van der Waals surface area (Å²) in [6, 6.07) is 5.36. The van der Waals surface area contributed by atoms with Crippen LogP contribution in [-0.2, 0) is 46.5 Å². The molecule has 2 amide bonds. The number of benzene rings is 1. The molecule has 1 aliphatic rings. The molecular weight excluding hydrogens is 580 g/mol. The Labute approximate surface area is 249 Å². The smallest absolute Gasteiger partial charge is 0.444 e. The number of carbonyl (C=O) groups excluding carboxylic acids is 3. The van der Waals surface area contributed by atoms with Crippen LogP contribution in [0.2, 0.25) is 0 Å². The Morgan fingerprint density at radius 3 is 2.33 bits per heavy atom. The average molecular weight is 622 g/mol. The van der Waals surface area contributed by atoms with Gasteiger partial charge in [0, 0.05) is 44.4 Å². The molecule has 1 aromatic heterocycles. The lowest BCUT2D eigenvalue weighted by atomic mass is 9.78. The fraction of sp³-hybridized carbons (Fsp3) is 0.517. The van der Waals surface area contributed by atoms with Gasteiger partial charge in [0.25, 0.3) is 11.8 Å². The van der Waals surface area contributed by atoms with Crippen molar-refractivity contribution >= 4 is 35.0 Å². The second-order valence-corrected chi connectivity index (χ2v) is 13.7. The first-order valence-corrected chi connectivity index (χ1v) is 15.7. The highest BCUT2D eigenvalue weighted by Gasteiger charge is 2.34. The largest absolute Gasteiger partial charge is 0.529 e. The van der Waals surface area contributed by atoms with E-state index in [9.17, 15) is 18.9 Å². The number of phosphoric acid groups is 1. The Kier molecular flexibility index (Phi) is 10.9. The van der Waals surface area contributed by atoms with E-state index < -0.39 is 19.2 Å². The van der Waals surface area contributed by atoms with Crippen LogP contribution in [0.3, 0.4) is 0 Å². The van der Waals surface area contributed by atoms with Crippen LogP contribution in [-0.4, -0.2) is 48.3 Å². The van der Waals surface area contributed by atoms with E-state index in [1.165, 1.54) is 23.5 Å². The maximum absolute atomic E-state index is 13.2. The summed E-state index contributed by atoms with van der Waals surface area (Å²) >= 11 is 0. The molecular formula is C29H41N3O8P2. The van der Waals surface area contributed by atoms with E-state index in [-0.39, 0.29) is 36.6 Å². The summed E-state index contributed by atoms with van der Waals surface area (Å²) in [6.07, 6.45) is 3.67. The first-order chi connectivity index (χ1) is 19.6. The summed E-state index contributed by atoms with van der Waals surface area (Å²) in [6.45, 7) is 9.12. The molecule has 11 nitrogen and oxygen atoms in total. The highest BCUT2D eigenvalue weighted by atomic mass is 31.2. The van der Waals surface area contributed by atoms with Crippen LogP contribution in [0.5, 0.6) is 5.75 Å². The number of phosphoric ester groups is 1. The molecule has 1 aliphatic carbocycles. The van der Waals surface area contributed by atoms with E-state index in [1.54, 1.807) is 25.4 Å². The fourth-order valence-corrected chi connectivity index (χ4v) is 5.63. The second-order valence-electron chi connectivity index (χ2n) is 11.1. The van der Waals surface area contributed by atoms with Crippen LogP contribution in [0, 0.1) is 19.8 Å². The standard InChI is InChI=1S/C29H41N3O8P2/c1-9-20-14-24(30-27(34)21-10-11-21)32(16-22(20)28(35)31(6)41)17-39-25(33)15-29(4,5)26-19(3)12-18(2)13-23(26)40-42(36,37-7)38-8/h12-14,16,21H,9-11,15,17,41H2,1-8H3. The SMILES string of the molecule is CCc1cc(=NC(=O)C2CC2)n(COC(=O)CC(C)(C)c2c(C)cc(C)cc2OP(=O)(OC)OC)cc1C(=O)N(C)P. The van der Waals surface area contributed by atoms with Crippen molar-refractivity contribution in [2.75, 3.05) is 21.3 Å². The number of aromatic nitrogens is 1. The third-order valence-electron chi connectivity index (χ3n) is 7.04. The third-order valence-corrected chi connectivity index (χ3v) is 8.59. The molecule has 13 heteroatoms. The number of carbonyl (C=O) groups is 3. The summed E-state index contributed by atoms with van der Waals surface area (Å²) in [4.78, 5) is 43.0. The Morgan fingerprint density at radius 1 is 1.14 bits per heavy atom. The zero-order valence-corrected chi connectivity index (χ0v) is 27.6. The number of pyridine rings is 1. The fourth-order valence-electron chi connectivity index (χ4n) is 4.81. The van der Waals surface area contributed by atoms with E-state index in [0.29, 0.717) is 23.0 Å². The number of esters is 1. The summed E-state index contributed by atoms with van der Waals surface area (Å²) in [7, 11) is 2.56. The van der Waals surface area contributed by atoms with E-state index >= 15 is 0 Å². The summed E-state index contributed by atoms with van der Waals surface area (Å²) < 4.78 is 37.0. The number of rotatable bonds is 12. The Balaban J connectivity index is 1.92. The third kappa shape index (κ3) is 8.16. The van der Waals surface area contributed by atoms with E-state index in [1.807, 2.05) is 40.7 Å². The van der Waals surface area contributed by atoms with Gasteiger partial charge in [-0.25, -0.2) is 4.57 Å². The normalized spacial score (nSPS) is 14.1. The molecule has 2 aromatic rings. The number of nitrogens with zero attached hydrogens (tertiary/aromatic N) is 3. The molecule has 0 radical (unpaired) electrons. The van der Waals surface area contributed by atoms with Gasteiger partial charge in [-0.2, -0.15) is 4.99 Å². The minimum atomic E-state index is -3.86. The second kappa shape index (κ2) is 13.6. The number of amides is 2. The molecule has 1 saturated carbocycles. The predicted molar refractivity (Wildman–Crippen MR) is 161 cm³/mol. The lowest BCUT2D eigenvalue weighted by Gasteiger charge is -2.29. The molecule has 0 saturated heterocycles. The Bertz CT molecular complexity index is 1470. The number of hydrogen-bond acceptors (Lipinski definition) is 8. The topological polar surface area (TPSA) is 126 Å². The minimum Gasteiger partial charge on any atom is -0.444 e. The maximum Gasteiger partial charge on any atom is 0.529 e. The van der Waals surface area contributed by atoms with E-state index in [2.05, 4.69) is 14.4 Å². The van der Waals surface area contributed by atoms with Crippen LogP contribution in [0.1, 0.15) is 72.6 Å². The van der Waals surface area contributed by atoms with E-state index in [0.717, 1.165) is 29.5 Å². The van der Waals surface area contributed by atoms with Gasteiger partial charge >= 0.3 is 13.8 Å². The monoisotopic (exact) mass is 621 g/mol. The van der Waals surface area contributed by atoms with Crippen molar-refractivity contribution in [3.63, 3.8) is 0 Å². The van der Waals surface area contributed by atoms with E-state index in [4.69, 9.17) is 18.3 Å². The molecule has 0 aliphatic heterocycles. The van der Waals surface area contributed by atoms with Crippen molar-refractivity contribution in [1.29, 1.82) is 0 Å². The average Bonchev–Trinajstić information content (AvgIpc) is 3.76. The summed E-state index contributed by atoms with van der Waals surface area (Å²) in [5.74, 6) is -0.814. The van der Waals surface area contributed by atoms with Gasteiger partial charge < -0.3 is 13.9 Å². The van der Waals surface area contributed by atoms with Gasteiger partial charge in [0.1, 0.15) is 11.2 Å². The van der Waals surface area contributed by atoms with Crippen molar-refractivity contribution in [2.24, 2.45) is 10.9 Å². The van der Waals surface area contributed by atoms with Gasteiger partial charge in [-0.15, -0.1) is 0 Å². The highest BCUT2D eigenvalue weighted by molar-refractivity contribution is 7.48. The molecule has 42 heavy (non-hydrogen) atoms. The van der Waals surface area contributed by atoms with Crippen LogP contribution in [0.15, 0.2) is 29.4 Å². The van der Waals surface area contributed by atoms with Crippen molar-refractivity contribution in [2.45, 2.75) is 72.4 Å². The molecule has 0 bridgehead atoms. The van der Waals surface area contributed by atoms with Gasteiger partial charge in [-0.05, 0) is 71.3 Å². The van der Waals surface area contributed by atoms with Crippen molar-refractivity contribution < 1.29 is 37.3 Å². The first kappa shape index (κ1) is 33.7. The quantitative estimate of drug-likeness (QED) is 0.239. The van der Waals surface area contributed by atoms with Crippen molar-refractivity contribution in [3.05, 3.63) is 57.7 Å². The molecule has 230 valence electrons. The van der Waals surface area contributed by atoms with Crippen molar-refractivity contribution in [1.82, 2.24) is 9.24 Å². The Hall–Kier alpha value is -2.84. The van der Waals surface area contributed by atoms with Gasteiger partial charge in [0.2, 0.25) is 0 Å². The lowest BCUT2D eigenvalue weighted by molar-refractivity contribution is -0.148. The molecule has 1 fully saturated rings. The highest BCUT2D eigenvalue weighted by Crippen LogP contribution is 2.51. The molecule has 0 spiro atoms. The molecule has 1 aromatic carbocycles. The molecule has 3 rings (SSSR count). The molecule has 1 heterocycles. The number of aryl methyl sites for hydroxylation is 3. The molecule has 0 N–H and O–H groups in total. The number of hydrogen-bond donors (Lipinski definition) is 0. The van der Waals surface area contributed by atoms with Gasteiger partial charge in [0.05, 0.1) is 12.0 Å². The predicted octanol–water partition coefficient (Wildman–Crippen LogP) is 5.02. The van der Waals surface area contributed by atoms with Crippen LogP contribution < -0.4 is 10.0 Å². The summed E-state index contributed by atoms with van der Waals surface area (Å²) in [5.41, 5.74) is 3.00. The minimum absolute atomic E-state index is 0.0568. The van der Waals surface area contributed by atoms with Gasteiger partial charge in [-0.1, -0.05) is 26.8 Å². The van der Waals surface area contributed by atoms with Gasteiger partial charge in [-0.3, -0.25) is 28.0 Å². The molecule has 1 atom stereocenters.